The molecule has 0 saturated heterocycles. The molecule has 0 aliphatic carbocycles. The van der Waals surface area contributed by atoms with Gasteiger partial charge in [-0.1, -0.05) is 23.2 Å². The molecule has 8 heteroatoms. The Labute approximate surface area is 128 Å². The summed E-state index contributed by atoms with van der Waals surface area (Å²) in [6, 6.07) is 2.70. The maximum Gasteiger partial charge on any atom is 0.348 e. The lowest BCUT2D eigenvalue weighted by Crippen LogP contribution is -2.14. The van der Waals surface area contributed by atoms with Crippen LogP contribution in [0.4, 0.5) is 5.69 Å². The van der Waals surface area contributed by atoms with Crippen LogP contribution in [-0.2, 0) is 0 Å². The third-order valence-electron chi connectivity index (χ3n) is 2.43. The number of aryl methyl sites for hydroxylation is 1. The number of pyridine rings is 1. The predicted octanol–water partition coefficient (Wildman–Crippen LogP) is 3.71. The molecule has 0 radical (unpaired) electrons. The summed E-state index contributed by atoms with van der Waals surface area (Å²) < 4.78 is 0. The topological polar surface area (TPSA) is 79.3 Å². The van der Waals surface area contributed by atoms with E-state index in [1.807, 2.05) is 0 Å². The van der Waals surface area contributed by atoms with Crippen LogP contribution in [0.15, 0.2) is 17.5 Å². The number of carbonyl (C=O) groups excluding carboxylic acids is 1. The first-order valence-corrected chi connectivity index (χ1v) is 6.98. The van der Waals surface area contributed by atoms with Gasteiger partial charge in [0.2, 0.25) is 0 Å². The van der Waals surface area contributed by atoms with Crippen molar-refractivity contribution in [2.24, 2.45) is 0 Å². The zero-order valence-electron chi connectivity index (χ0n) is 10.1. The van der Waals surface area contributed by atoms with E-state index in [0.29, 0.717) is 5.56 Å². The van der Waals surface area contributed by atoms with E-state index in [0.717, 1.165) is 11.3 Å². The van der Waals surface area contributed by atoms with Crippen molar-refractivity contribution >= 4 is 52.1 Å². The van der Waals surface area contributed by atoms with E-state index in [9.17, 15) is 9.59 Å². The molecule has 20 heavy (non-hydrogen) atoms. The first kappa shape index (κ1) is 14.8. The number of amides is 1. The fourth-order valence-corrected chi connectivity index (χ4v) is 2.84. The summed E-state index contributed by atoms with van der Waals surface area (Å²) in [5.74, 6) is -1.59. The van der Waals surface area contributed by atoms with Crippen molar-refractivity contribution in [2.75, 3.05) is 5.32 Å². The molecule has 2 aromatic heterocycles. The van der Waals surface area contributed by atoms with Gasteiger partial charge in [-0.25, -0.2) is 9.78 Å². The second-order valence-corrected chi connectivity index (χ2v) is 5.54. The maximum atomic E-state index is 12.1. The van der Waals surface area contributed by atoms with Gasteiger partial charge in [0.1, 0.15) is 15.2 Å². The van der Waals surface area contributed by atoms with E-state index in [4.69, 9.17) is 28.3 Å². The number of nitrogens with zero attached hydrogens (tertiary/aromatic N) is 1. The van der Waals surface area contributed by atoms with E-state index in [2.05, 4.69) is 10.3 Å². The molecule has 5 nitrogen and oxygen atoms in total. The van der Waals surface area contributed by atoms with Gasteiger partial charge in [0.15, 0.2) is 0 Å². The lowest BCUT2D eigenvalue weighted by Gasteiger charge is -2.07. The molecule has 0 unspecified atom stereocenters. The molecule has 0 aromatic carbocycles. The van der Waals surface area contributed by atoms with Crippen molar-refractivity contribution in [2.45, 2.75) is 6.92 Å². The molecule has 0 atom stereocenters. The minimum Gasteiger partial charge on any atom is -0.477 e. The summed E-state index contributed by atoms with van der Waals surface area (Å²) in [6.45, 7) is 1.71. The zero-order chi connectivity index (χ0) is 14.9. The van der Waals surface area contributed by atoms with Gasteiger partial charge in [-0.05, 0) is 30.0 Å². The van der Waals surface area contributed by atoms with Crippen molar-refractivity contribution in [1.82, 2.24) is 4.98 Å². The van der Waals surface area contributed by atoms with E-state index >= 15 is 0 Å². The third-order valence-corrected chi connectivity index (χ3v) is 3.91. The van der Waals surface area contributed by atoms with Gasteiger partial charge < -0.3 is 10.4 Å². The first-order valence-electron chi connectivity index (χ1n) is 5.34. The summed E-state index contributed by atoms with van der Waals surface area (Å²) in [5, 5.41) is 13.4. The number of thiophene rings is 1. The zero-order valence-corrected chi connectivity index (χ0v) is 12.4. The Kier molecular flexibility index (Phi) is 4.27. The number of anilines is 1. The van der Waals surface area contributed by atoms with E-state index in [1.165, 1.54) is 12.1 Å². The largest absolute Gasteiger partial charge is 0.477 e. The molecule has 2 N–H and O–H groups in total. The fourth-order valence-electron chi connectivity index (χ4n) is 1.54. The lowest BCUT2D eigenvalue weighted by molar-refractivity contribution is 0.0703. The summed E-state index contributed by atoms with van der Waals surface area (Å²) in [7, 11) is 0. The first-order chi connectivity index (χ1) is 9.38. The molecule has 0 bridgehead atoms. The van der Waals surface area contributed by atoms with Crippen LogP contribution in [0.2, 0.25) is 10.3 Å². The Morgan fingerprint density at radius 3 is 2.45 bits per heavy atom. The van der Waals surface area contributed by atoms with Crippen LogP contribution in [0.5, 0.6) is 0 Å². The van der Waals surface area contributed by atoms with Crippen LogP contribution < -0.4 is 5.32 Å². The summed E-state index contributed by atoms with van der Waals surface area (Å²) >= 11 is 12.5. The Morgan fingerprint density at radius 1 is 1.30 bits per heavy atom. The molecular formula is C12H8Cl2N2O3S. The SMILES string of the molecule is Cc1csc(C(=O)O)c1NC(=O)c1cc(Cl)nc(Cl)c1. The molecule has 104 valence electrons. The van der Waals surface area contributed by atoms with Gasteiger partial charge in [0, 0.05) is 5.56 Å². The van der Waals surface area contributed by atoms with Gasteiger partial charge in [-0.3, -0.25) is 4.79 Å². The van der Waals surface area contributed by atoms with Gasteiger partial charge in [-0.2, -0.15) is 0 Å². The Balaban J connectivity index is 2.32. The number of nitrogens with one attached hydrogen (secondary N) is 1. The number of carboxylic acids is 1. The minimum atomic E-state index is -1.09. The number of aromatic nitrogens is 1. The number of hydrogen-bond acceptors (Lipinski definition) is 4. The van der Waals surface area contributed by atoms with Gasteiger partial charge in [0.25, 0.3) is 5.91 Å². The smallest absolute Gasteiger partial charge is 0.348 e. The molecule has 2 rings (SSSR count). The van der Waals surface area contributed by atoms with Crippen LogP contribution in [-0.4, -0.2) is 22.0 Å². The molecule has 2 heterocycles. The highest BCUT2D eigenvalue weighted by atomic mass is 35.5. The normalized spacial score (nSPS) is 10.3. The predicted molar refractivity (Wildman–Crippen MR) is 78.2 cm³/mol. The van der Waals surface area contributed by atoms with Crippen LogP contribution in [0, 0.1) is 6.92 Å². The highest BCUT2D eigenvalue weighted by Gasteiger charge is 2.18. The number of carboxylic acid groups (broad SMARTS) is 1. The molecule has 0 aliphatic heterocycles. The number of carbonyl (C=O) groups is 2. The quantitative estimate of drug-likeness (QED) is 0.841. The molecule has 1 amide bonds. The van der Waals surface area contributed by atoms with Crippen molar-refractivity contribution in [3.63, 3.8) is 0 Å². The molecule has 0 aliphatic rings. The van der Waals surface area contributed by atoms with Gasteiger partial charge >= 0.3 is 5.97 Å². The van der Waals surface area contributed by atoms with Crippen LogP contribution in [0.1, 0.15) is 25.6 Å². The second kappa shape index (κ2) is 5.78. The van der Waals surface area contributed by atoms with Crippen LogP contribution in [0.25, 0.3) is 0 Å². The Bertz CT molecular complexity index is 680. The molecule has 0 saturated carbocycles. The molecule has 0 spiro atoms. The summed E-state index contributed by atoms with van der Waals surface area (Å²) in [5.41, 5.74) is 1.15. The van der Waals surface area contributed by atoms with Crippen LogP contribution >= 0.6 is 34.5 Å². The Morgan fingerprint density at radius 2 is 1.90 bits per heavy atom. The molecule has 2 aromatic rings. The van der Waals surface area contributed by atoms with Crippen molar-refractivity contribution in [3.8, 4) is 0 Å². The molecule has 0 fully saturated rings. The maximum absolute atomic E-state index is 12.1. The van der Waals surface area contributed by atoms with Crippen molar-refractivity contribution in [1.29, 1.82) is 0 Å². The Hall–Kier alpha value is -1.63. The average molecular weight is 331 g/mol. The van der Waals surface area contributed by atoms with Gasteiger partial charge in [0.05, 0.1) is 5.69 Å². The summed E-state index contributed by atoms with van der Waals surface area (Å²) in [4.78, 5) is 27.0. The second-order valence-electron chi connectivity index (χ2n) is 3.88. The fraction of sp³-hybridized carbons (Fsp3) is 0.0833. The summed E-state index contributed by atoms with van der Waals surface area (Å²) in [6.07, 6.45) is 0. The van der Waals surface area contributed by atoms with E-state index < -0.39 is 11.9 Å². The van der Waals surface area contributed by atoms with E-state index in [-0.39, 0.29) is 26.4 Å². The number of rotatable bonds is 3. The number of aromatic carboxylic acids is 1. The number of hydrogen-bond donors (Lipinski definition) is 2. The monoisotopic (exact) mass is 330 g/mol. The minimum absolute atomic E-state index is 0.0714. The van der Waals surface area contributed by atoms with Crippen molar-refractivity contribution in [3.05, 3.63) is 43.8 Å². The standard InChI is InChI=1S/C12H8Cl2N2O3S/c1-5-4-20-10(12(18)19)9(5)16-11(17)6-2-7(13)15-8(14)3-6/h2-4H,1H3,(H,16,17)(H,18,19). The molecular weight excluding hydrogens is 323 g/mol. The van der Waals surface area contributed by atoms with Gasteiger partial charge in [-0.15, -0.1) is 11.3 Å². The highest BCUT2D eigenvalue weighted by Crippen LogP contribution is 2.28. The number of halogens is 2. The third kappa shape index (κ3) is 3.09. The average Bonchev–Trinajstić information content (AvgIpc) is 2.70. The van der Waals surface area contributed by atoms with E-state index in [1.54, 1.807) is 12.3 Å². The van der Waals surface area contributed by atoms with Crippen molar-refractivity contribution < 1.29 is 14.7 Å². The van der Waals surface area contributed by atoms with Crippen LogP contribution in [0.3, 0.4) is 0 Å². The lowest BCUT2D eigenvalue weighted by atomic mass is 10.2. The highest BCUT2D eigenvalue weighted by molar-refractivity contribution is 7.12.